The van der Waals surface area contributed by atoms with E-state index < -0.39 is 17.3 Å². The molecule has 4 N–H and O–H groups in total. The first kappa shape index (κ1) is 15.7. The smallest absolute Gasteiger partial charge is 0.198 e. The molecule has 0 fully saturated rings. The van der Waals surface area contributed by atoms with Crippen molar-refractivity contribution < 1.29 is 14.7 Å². The van der Waals surface area contributed by atoms with Crippen LogP contribution in [0, 0.1) is 0 Å². The average Bonchev–Trinajstić information content (AvgIpc) is 2.52. The molecule has 0 amide bonds. The number of nitrogens with two attached hydrogens (primary N) is 1. The van der Waals surface area contributed by atoms with E-state index in [0.717, 1.165) is 0 Å². The fourth-order valence-electron chi connectivity index (χ4n) is 2.51. The van der Waals surface area contributed by atoms with Gasteiger partial charge in [0.25, 0.3) is 0 Å². The number of ketones is 2. The van der Waals surface area contributed by atoms with Gasteiger partial charge in [0.15, 0.2) is 16.7 Å². The van der Waals surface area contributed by atoms with Crippen molar-refractivity contribution in [1.29, 1.82) is 0 Å². The monoisotopic (exact) mass is 366 g/mol. The van der Waals surface area contributed by atoms with Crippen LogP contribution >= 0.6 is 35.4 Å². The summed E-state index contributed by atoms with van der Waals surface area (Å²) in [7, 11) is 0. The van der Waals surface area contributed by atoms with Crippen LogP contribution in [0.25, 0.3) is 0 Å². The van der Waals surface area contributed by atoms with E-state index in [-0.39, 0.29) is 43.1 Å². The number of thiocarbonyl (C=S) groups is 1. The molecule has 5 nitrogen and oxygen atoms in total. The van der Waals surface area contributed by atoms with Crippen LogP contribution < -0.4 is 11.1 Å². The molecule has 0 aliphatic heterocycles. The van der Waals surface area contributed by atoms with Gasteiger partial charge in [0, 0.05) is 11.1 Å². The van der Waals surface area contributed by atoms with Crippen molar-refractivity contribution in [3.8, 4) is 5.75 Å². The van der Waals surface area contributed by atoms with Gasteiger partial charge in [0.1, 0.15) is 10.8 Å². The topological polar surface area (TPSA) is 92.4 Å². The molecule has 0 spiro atoms. The second-order valence-electron chi connectivity index (χ2n) is 4.79. The lowest BCUT2D eigenvalue weighted by molar-refractivity contribution is 0.0977. The summed E-state index contributed by atoms with van der Waals surface area (Å²) in [5.41, 5.74) is 5.51. The normalized spacial score (nSPS) is 12.6. The zero-order valence-corrected chi connectivity index (χ0v) is 13.6. The molecule has 0 bridgehead atoms. The van der Waals surface area contributed by atoms with E-state index in [0.29, 0.717) is 0 Å². The fourth-order valence-corrected chi connectivity index (χ4v) is 3.04. The number of carbonyl (C=O) groups is 2. The molecule has 0 aromatic heterocycles. The zero-order chi connectivity index (χ0) is 16.9. The summed E-state index contributed by atoms with van der Waals surface area (Å²) in [5, 5.41) is 12.2. The molecule has 0 unspecified atom stereocenters. The second kappa shape index (κ2) is 5.49. The molecular formula is C15H8Cl2N2O3S. The maximum Gasteiger partial charge on any atom is 0.198 e. The summed E-state index contributed by atoms with van der Waals surface area (Å²) >= 11 is 16.8. The summed E-state index contributed by atoms with van der Waals surface area (Å²) in [5.74, 6) is -1.56. The number of benzene rings is 2. The third-order valence-electron chi connectivity index (χ3n) is 3.48. The number of phenolic OH excluding ortho intramolecular Hbond substituents is 1. The van der Waals surface area contributed by atoms with E-state index in [1.165, 1.54) is 12.1 Å². The van der Waals surface area contributed by atoms with Gasteiger partial charge in [0.2, 0.25) is 0 Å². The standard InChI is InChI=1S/C15H8Cl2N2O3S/c16-9-10(17)14(22)8-7(11(9)19-15(18)23)12(20)5-3-1-2-4-6(5)13(8)21/h1-4,22H,(H3,18,19,23). The third kappa shape index (κ3) is 2.26. The van der Waals surface area contributed by atoms with Crippen LogP contribution in [0.4, 0.5) is 5.69 Å². The minimum Gasteiger partial charge on any atom is -0.506 e. The van der Waals surface area contributed by atoms with Crippen LogP contribution in [0.15, 0.2) is 24.3 Å². The van der Waals surface area contributed by atoms with Gasteiger partial charge in [-0.1, -0.05) is 47.5 Å². The Labute approximate surface area is 146 Å². The Morgan fingerprint density at radius 1 is 1.04 bits per heavy atom. The van der Waals surface area contributed by atoms with Gasteiger partial charge in [-0.25, -0.2) is 0 Å². The number of hydrogen-bond acceptors (Lipinski definition) is 4. The predicted molar refractivity (Wildman–Crippen MR) is 91.8 cm³/mol. The molecule has 23 heavy (non-hydrogen) atoms. The molecule has 8 heteroatoms. The van der Waals surface area contributed by atoms with E-state index in [1.807, 2.05) is 0 Å². The van der Waals surface area contributed by atoms with Crippen molar-refractivity contribution in [2.75, 3.05) is 5.32 Å². The molecule has 116 valence electrons. The molecule has 0 atom stereocenters. The molecule has 2 aromatic rings. The summed E-state index contributed by atoms with van der Waals surface area (Å²) in [4.78, 5) is 25.5. The van der Waals surface area contributed by atoms with E-state index in [9.17, 15) is 14.7 Å². The summed E-state index contributed by atoms with van der Waals surface area (Å²) in [6.45, 7) is 0. The third-order valence-corrected chi connectivity index (χ3v) is 4.42. The molecule has 0 saturated heterocycles. The van der Waals surface area contributed by atoms with Crippen LogP contribution in [0.5, 0.6) is 5.75 Å². The SMILES string of the molecule is NC(=S)Nc1c(Cl)c(Cl)c(O)c2c1C(=O)c1ccccc1C2=O. The molecule has 0 saturated carbocycles. The maximum atomic E-state index is 12.8. The summed E-state index contributed by atoms with van der Waals surface area (Å²) in [6, 6.07) is 6.27. The van der Waals surface area contributed by atoms with Gasteiger partial charge < -0.3 is 16.2 Å². The van der Waals surface area contributed by atoms with Crippen LogP contribution in [0.3, 0.4) is 0 Å². The Morgan fingerprint density at radius 3 is 2.09 bits per heavy atom. The number of phenols is 1. The van der Waals surface area contributed by atoms with Crippen molar-refractivity contribution in [3.63, 3.8) is 0 Å². The molecule has 1 aliphatic carbocycles. The number of rotatable bonds is 1. The number of fused-ring (bicyclic) bond motifs is 2. The first-order valence-corrected chi connectivity index (χ1v) is 7.49. The minimum atomic E-state index is -0.548. The maximum absolute atomic E-state index is 12.8. The minimum absolute atomic E-state index is 0.00446. The number of anilines is 1. The molecular weight excluding hydrogens is 359 g/mol. The highest BCUT2D eigenvalue weighted by Gasteiger charge is 2.37. The number of nitrogens with one attached hydrogen (secondary N) is 1. The van der Waals surface area contributed by atoms with Crippen LogP contribution in [0.1, 0.15) is 31.8 Å². The Balaban J connectivity index is 2.42. The first-order valence-electron chi connectivity index (χ1n) is 6.33. The largest absolute Gasteiger partial charge is 0.506 e. The molecule has 1 aliphatic rings. The highest BCUT2D eigenvalue weighted by molar-refractivity contribution is 7.80. The van der Waals surface area contributed by atoms with Crippen LogP contribution in [-0.2, 0) is 0 Å². The fraction of sp³-hybridized carbons (Fsp3) is 0. The lowest BCUT2D eigenvalue weighted by Crippen LogP contribution is -2.26. The van der Waals surface area contributed by atoms with Crippen molar-refractivity contribution in [1.82, 2.24) is 0 Å². The number of aromatic hydroxyl groups is 1. The van der Waals surface area contributed by atoms with E-state index >= 15 is 0 Å². The van der Waals surface area contributed by atoms with Crippen molar-refractivity contribution in [3.05, 3.63) is 56.6 Å². The Hall–Kier alpha value is -2.15. The van der Waals surface area contributed by atoms with E-state index in [1.54, 1.807) is 12.1 Å². The van der Waals surface area contributed by atoms with E-state index in [2.05, 4.69) is 5.32 Å². The molecule has 2 aromatic carbocycles. The Kier molecular flexibility index (Phi) is 3.75. The van der Waals surface area contributed by atoms with Gasteiger partial charge in [-0.3, -0.25) is 9.59 Å². The van der Waals surface area contributed by atoms with Gasteiger partial charge in [-0.15, -0.1) is 0 Å². The van der Waals surface area contributed by atoms with Gasteiger partial charge in [-0.05, 0) is 12.2 Å². The molecule has 0 heterocycles. The number of carbonyl (C=O) groups excluding carboxylic acids is 2. The molecule has 3 rings (SSSR count). The van der Waals surface area contributed by atoms with Gasteiger partial charge in [-0.2, -0.15) is 0 Å². The lowest BCUT2D eigenvalue weighted by atomic mass is 9.82. The molecule has 0 radical (unpaired) electrons. The average molecular weight is 367 g/mol. The lowest BCUT2D eigenvalue weighted by Gasteiger charge is -2.23. The van der Waals surface area contributed by atoms with Crippen LogP contribution in [0.2, 0.25) is 10.0 Å². The summed E-state index contributed by atoms with van der Waals surface area (Å²) < 4.78 is 0. The Morgan fingerprint density at radius 2 is 1.57 bits per heavy atom. The van der Waals surface area contributed by atoms with Crippen molar-refractivity contribution in [2.45, 2.75) is 0 Å². The number of hydrogen-bond donors (Lipinski definition) is 3. The summed E-state index contributed by atoms with van der Waals surface area (Å²) in [6.07, 6.45) is 0. The van der Waals surface area contributed by atoms with Crippen molar-refractivity contribution in [2.24, 2.45) is 5.73 Å². The highest BCUT2D eigenvalue weighted by Crippen LogP contribution is 2.46. The first-order chi connectivity index (χ1) is 10.8. The highest BCUT2D eigenvalue weighted by atomic mass is 35.5. The van der Waals surface area contributed by atoms with Crippen molar-refractivity contribution >= 4 is 57.8 Å². The Bertz CT molecular complexity index is 912. The quantitative estimate of drug-likeness (QED) is 0.452. The number of halogens is 2. The zero-order valence-electron chi connectivity index (χ0n) is 11.3. The predicted octanol–water partition coefficient (Wildman–Crippen LogP) is 3.13. The van der Waals surface area contributed by atoms with Gasteiger partial charge in [0.05, 0.1) is 21.8 Å². The van der Waals surface area contributed by atoms with Gasteiger partial charge >= 0.3 is 0 Å². The van der Waals surface area contributed by atoms with Crippen LogP contribution in [-0.4, -0.2) is 21.8 Å². The second-order valence-corrected chi connectivity index (χ2v) is 5.99. The van der Waals surface area contributed by atoms with E-state index in [4.69, 9.17) is 41.2 Å².